The van der Waals surface area contributed by atoms with Gasteiger partial charge in [0.05, 0.1) is 17.7 Å². The lowest BCUT2D eigenvalue weighted by atomic mass is 10.2. The van der Waals surface area contributed by atoms with Gasteiger partial charge in [0.25, 0.3) is 0 Å². The highest BCUT2D eigenvalue weighted by Crippen LogP contribution is 2.55. The second-order valence-electron chi connectivity index (χ2n) is 6.17. The summed E-state index contributed by atoms with van der Waals surface area (Å²) in [6.07, 6.45) is -1.33. The van der Waals surface area contributed by atoms with Crippen LogP contribution in [0, 0.1) is 0 Å². The zero-order valence-electron chi connectivity index (χ0n) is 13.7. The third kappa shape index (κ3) is 10.7. The molecular formula is C12H24NO8P. The summed E-state index contributed by atoms with van der Waals surface area (Å²) in [5.41, 5.74) is 3.31. The third-order valence-corrected chi connectivity index (χ3v) is 3.49. The molecule has 0 spiro atoms. The molecule has 0 rings (SSSR count). The Morgan fingerprint density at radius 1 is 1.00 bits per heavy atom. The van der Waals surface area contributed by atoms with E-state index >= 15 is 0 Å². The summed E-state index contributed by atoms with van der Waals surface area (Å²) < 4.78 is 36.6. The number of hydrogen-bond acceptors (Lipinski definition) is 9. The van der Waals surface area contributed by atoms with Crippen molar-refractivity contribution in [3.8, 4) is 0 Å². The maximum Gasteiger partial charge on any atom is 0.518 e. The average molecular weight is 341 g/mol. The highest BCUT2D eigenvalue weighted by atomic mass is 31.2. The number of phosphoric ester groups is 1. The van der Waals surface area contributed by atoms with E-state index in [4.69, 9.17) is 19.3 Å². The van der Waals surface area contributed by atoms with Gasteiger partial charge in [-0.05, 0) is 41.5 Å². The lowest BCUT2D eigenvalue weighted by Crippen LogP contribution is -2.26. The molecule has 130 valence electrons. The topological polar surface area (TPSA) is 123 Å². The van der Waals surface area contributed by atoms with E-state index in [1.807, 2.05) is 0 Å². The Morgan fingerprint density at radius 3 is 1.82 bits per heavy atom. The highest BCUT2D eigenvalue weighted by molar-refractivity contribution is 7.48. The van der Waals surface area contributed by atoms with Gasteiger partial charge in [-0.3, -0.25) is 13.8 Å². The Kier molecular flexibility index (Phi) is 7.67. The smallest absolute Gasteiger partial charge is 0.406 e. The standard InChI is InChI=1S/C12H24NO8P/c1-11(2,3)20-22(16,21-12(4,5)6)18-8-17-10(15)19-9(14)7-13/h7-8,13H2,1-6H3. The van der Waals surface area contributed by atoms with Crippen LogP contribution in [0.25, 0.3) is 0 Å². The monoisotopic (exact) mass is 341 g/mol. The van der Waals surface area contributed by atoms with Crippen molar-refractivity contribution in [2.24, 2.45) is 5.73 Å². The Bertz CT molecular complexity index is 417. The maximum atomic E-state index is 12.5. The van der Waals surface area contributed by atoms with E-state index < -0.39 is 44.5 Å². The molecular weight excluding hydrogens is 317 g/mol. The van der Waals surface area contributed by atoms with E-state index in [1.165, 1.54) is 0 Å². The van der Waals surface area contributed by atoms with Crippen molar-refractivity contribution in [3.63, 3.8) is 0 Å². The minimum absolute atomic E-state index is 0.477. The molecule has 0 bridgehead atoms. The van der Waals surface area contributed by atoms with Crippen molar-refractivity contribution in [2.75, 3.05) is 13.3 Å². The van der Waals surface area contributed by atoms with Crippen LogP contribution in [0.5, 0.6) is 0 Å². The SMILES string of the molecule is CC(C)(C)OP(=O)(OCOC(=O)OC(=O)CN)OC(C)(C)C. The normalized spacial score (nSPS) is 12.9. The van der Waals surface area contributed by atoms with Gasteiger partial charge in [0.15, 0.2) is 0 Å². The fraction of sp³-hybridized carbons (Fsp3) is 0.833. The van der Waals surface area contributed by atoms with Gasteiger partial charge in [0.2, 0.25) is 6.79 Å². The van der Waals surface area contributed by atoms with Crippen molar-refractivity contribution in [2.45, 2.75) is 52.7 Å². The quantitative estimate of drug-likeness (QED) is 0.335. The van der Waals surface area contributed by atoms with Crippen LogP contribution in [0.3, 0.4) is 0 Å². The van der Waals surface area contributed by atoms with Crippen molar-refractivity contribution in [1.82, 2.24) is 0 Å². The molecule has 0 aliphatic rings. The second-order valence-corrected chi connectivity index (χ2v) is 7.69. The number of phosphoric acid groups is 1. The molecule has 0 unspecified atom stereocenters. The molecule has 0 radical (unpaired) electrons. The van der Waals surface area contributed by atoms with Crippen LogP contribution >= 0.6 is 7.82 Å². The van der Waals surface area contributed by atoms with Crippen LogP contribution in [0.1, 0.15) is 41.5 Å². The van der Waals surface area contributed by atoms with Crippen LogP contribution in [0.4, 0.5) is 4.79 Å². The summed E-state index contributed by atoms with van der Waals surface area (Å²) in [6, 6.07) is 0. The Hall–Kier alpha value is -0.990. The summed E-state index contributed by atoms with van der Waals surface area (Å²) in [7, 11) is -4.00. The van der Waals surface area contributed by atoms with Gasteiger partial charge in [-0.1, -0.05) is 0 Å². The lowest BCUT2D eigenvalue weighted by molar-refractivity contribution is -0.139. The first-order chi connectivity index (χ1) is 9.76. The summed E-state index contributed by atoms with van der Waals surface area (Å²) in [5.74, 6) is -0.968. The number of esters is 1. The molecule has 9 nitrogen and oxygen atoms in total. The van der Waals surface area contributed by atoms with Gasteiger partial charge < -0.3 is 15.2 Å². The van der Waals surface area contributed by atoms with Crippen LogP contribution in [-0.2, 0) is 32.4 Å². The van der Waals surface area contributed by atoms with Gasteiger partial charge in [-0.25, -0.2) is 13.9 Å². The number of ether oxygens (including phenoxy) is 2. The van der Waals surface area contributed by atoms with Crippen LogP contribution in [0.2, 0.25) is 0 Å². The van der Waals surface area contributed by atoms with Crippen molar-refractivity contribution < 1.29 is 37.2 Å². The molecule has 0 aromatic carbocycles. The molecule has 0 saturated heterocycles. The summed E-state index contributed by atoms with van der Waals surface area (Å²) in [4.78, 5) is 21.9. The van der Waals surface area contributed by atoms with Crippen molar-refractivity contribution >= 4 is 19.9 Å². The molecule has 0 fully saturated rings. The van der Waals surface area contributed by atoms with E-state index in [9.17, 15) is 14.2 Å². The fourth-order valence-electron chi connectivity index (χ4n) is 1.05. The molecule has 0 aliphatic heterocycles. The minimum Gasteiger partial charge on any atom is -0.406 e. The maximum absolute atomic E-state index is 12.5. The lowest BCUT2D eigenvalue weighted by Gasteiger charge is -2.30. The number of rotatable bonds is 6. The van der Waals surface area contributed by atoms with Gasteiger partial charge in [-0.15, -0.1) is 0 Å². The zero-order chi connectivity index (χ0) is 17.6. The number of carbonyl (C=O) groups excluding carboxylic acids is 2. The first-order valence-electron chi connectivity index (χ1n) is 6.50. The molecule has 0 amide bonds. The first-order valence-corrected chi connectivity index (χ1v) is 7.96. The predicted octanol–water partition coefficient (Wildman–Crippen LogP) is 2.34. The largest absolute Gasteiger partial charge is 0.518 e. The van der Waals surface area contributed by atoms with Gasteiger partial charge in [-0.2, -0.15) is 0 Å². The highest BCUT2D eigenvalue weighted by Gasteiger charge is 2.37. The van der Waals surface area contributed by atoms with E-state index in [1.54, 1.807) is 41.5 Å². The molecule has 0 aliphatic carbocycles. The Balaban J connectivity index is 4.64. The van der Waals surface area contributed by atoms with Crippen LogP contribution < -0.4 is 5.73 Å². The van der Waals surface area contributed by atoms with E-state index in [0.29, 0.717) is 0 Å². The summed E-state index contributed by atoms with van der Waals surface area (Å²) >= 11 is 0. The first kappa shape index (κ1) is 21.0. The van der Waals surface area contributed by atoms with Gasteiger partial charge in [0.1, 0.15) is 0 Å². The molecule has 10 heteroatoms. The minimum atomic E-state index is -4.00. The molecule has 0 saturated carbocycles. The number of hydrogen-bond donors (Lipinski definition) is 1. The second kappa shape index (κ2) is 8.03. The molecule has 0 aromatic rings. The number of nitrogens with two attached hydrogens (primary N) is 1. The van der Waals surface area contributed by atoms with E-state index in [-0.39, 0.29) is 0 Å². The average Bonchev–Trinajstić information content (AvgIpc) is 2.22. The van der Waals surface area contributed by atoms with Crippen LogP contribution in [-0.4, -0.2) is 36.7 Å². The fourth-order valence-corrected chi connectivity index (χ4v) is 2.71. The molecule has 0 aromatic heterocycles. The Morgan fingerprint density at radius 2 is 1.45 bits per heavy atom. The third-order valence-electron chi connectivity index (χ3n) is 1.52. The van der Waals surface area contributed by atoms with E-state index in [2.05, 4.69) is 9.47 Å². The predicted molar refractivity (Wildman–Crippen MR) is 76.9 cm³/mol. The number of carbonyl (C=O) groups is 2. The van der Waals surface area contributed by atoms with Crippen molar-refractivity contribution in [1.29, 1.82) is 0 Å². The molecule has 0 atom stereocenters. The van der Waals surface area contributed by atoms with Gasteiger partial charge >= 0.3 is 19.9 Å². The molecule has 22 heavy (non-hydrogen) atoms. The van der Waals surface area contributed by atoms with E-state index in [0.717, 1.165) is 0 Å². The summed E-state index contributed by atoms with van der Waals surface area (Å²) in [5, 5.41) is 0. The van der Waals surface area contributed by atoms with Gasteiger partial charge in [0, 0.05) is 0 Å². The molecule has 2 N–H and O–H groups in total. The van der Waals surface area contributed by atoms with Crippen molar-refractivity contribution in [3.05, 3.63) is 0 Å². The zero-order valence-corrected chi connectivity index (χ0v) is 14.6. The molecule has 0 heterocycles. The van der Waals surface area contributed by atoms with Crippen LogP contribution in [0.15, 0.2) is 0 Å². The Labute approximate surface area is 130 Å². The summed E-state index contributed by atoms with van der Waals surface area (Å²) in [6.45, 7) is 8.69.